The molecule has 0 rings (SSSR count). The summed E-state index contributed by atoms with van der Waals surface area (Å²) in [5.41, 5.74) is 0. The van der Waals surface area contributed by atoms with Gasteiger partial charge in [0.1, 0.15) is 6.54 Å². The summed E-state index contributed by atoms with van der Waals surface area (Å²) in [4.78, 5) is 13.0. The van der Waals surface area contributed by atoms with Gasteiger partial charge in [-0.25, -0.2) is 0 Å². The number of likely N-dealkylation sites (N-methyl/N-ethyl adjacent to an activating group) is 2. The van der Waals surface area contributed by atoms with E-state index in [1.54, 1.807) is 6.92 Å². The van der Waals surface area contributed by atoms with Crippen molar-refractivity contribution in [3.05, 3.63) is 0 Å². The first-order chi connectivity index (χ1) is 5.33. The second kappa shape index (κ2) is 4.58. The van der Waals surface area contributed by atoms with Crippen LogP contribution in [0.3, 0.4) is 0 Å². The standard InChI is InChI=1S/C9H21N2O/c1-9(12)8-11(4,5)7-6-10(2)3/h6-8H2,1-5H3/q+1. The zero-order chi connectivity index (χ0) is 9.78. The Balaban J connectivity index is 3.78. The third kappa shape index (κ3) is 6.31. The van der Waals surface area contributed by atoms with Crippen molar-refractivity contribution < 1.29 is 9.28 Å². The molecule has 0 spiro atoms. The minimum Gasteiger partial charge on any atom is -0.321 e. The minimum atomic E-state index is 0.263. The summed E-state index contributed by atoms with van der Waals surface area (Å²) in [6.45, 7) is 4.33. The number of carbonyl (C=O) groups excluding carboxylic acids is 1. The topological polar surface area (TPSA) is 20.3 Å². The lowest BCUT2D eigenvalue weighted by Gasteiger charge is -2.29. The van der Waals surface area contributed by atoms with Gasteiger partial charge in [0, 0.05) is 13.5 Å². The summed E-state index contributed by atoms with van der Waals surface area (Å²) in [6, 6.07) is 0. The van der Waals surface area contributed by atoms with Crippen LogP contribution in [-0.2, 0) is 4.79 Å². The first-order valence-corrected chi connectivity index (χ1v) is 4.30. The lowest BCUT2D eigenvalue weighted by atomic mass is 10.3. The van der Waals surface area contributed by atoms with Gasteiger partial charge in [0.05, 0.1) is 20.6 Å². The number of nitrogens with zero attached hydrogens (tertiary/aromatic N) is 2. The van der Waals surface area contributed by atoms with Crippen LogP contribution in [-0.4, -0.2) is 63.0 Å². The first kappa shape index (κ1) is 11.6. The van der Waals surface area contributed by atoms with E-state index in [0.29, 0.717) is 6.54 Å². The number of Topliss-reactive ketones (excluding diaryl/α,β-unsaturated/α-hetero) is 1. The van der Waals surface area contributed by atoms with Crippen molar-refractivity contribution >= 4 is 5.78 Å². The van der Waals surface area contributed by atoms with Crippen LogP contribution >= 0.6 is 0 Å². The molecule has 12 heavy (non-hydrogen) atoms. The van der Waals surface area contributed by atoms with E-state index in [9.17, 15) is 4.79 Å². The Kier molecular flexibility index (Phi) is 4.42. The Morgan fingerprint density at radius 1 is 1.33 bits per heavy atom. The van der Waals surface area contributed by atoms with Crippen molar-refractivity contribution in [1.82, 2.24) is 4.90 Å². The third-order valence-electron chi connectivity index (χ3n) is 1.80. The predicted octanol–water partition coefficient (Wildman–Crippen LogP) is 0.213. The summed E-state index contributed by atoms with van der Waals surface area (Å²) in [7, 11) is 8.28. The van der Waals surface area contributed by atoms with Gasteiger partial charge in [-0.3, -0.25) is 4.79 Å². The predicted molar refractivity (Wildman–Crippen MR) is 51.1 cm³/mol. The van der Waals surface area contributed by atoms with Crippen LogP contribution < -0.4 is 0 Å². The molecule has 3 nitrogen and oxygen atoms in total. The van der Waals surface area contributed by atoms with E-state index in [2.05, 4.69) is 19.0 Å². The maximum absolute atomic E-state index is 10.9. The Hall–Kier alpha value is -0.410. The number of carbonyl (C=O) groups is 1. The molecule has 0 radical (unpaired) electrons. The fourth-order valence-corrected chi connectivity index (χ4v) is 1.15. The SMILES string of the molecule is CC(=O)C[N+](C)(C)CCN(C)C. The summed E-state index contributed by atoms with van der Waals surface area (Å²) >= 11 is 0. The quantitative estimate of drug-likeness (QED) is 0.554. The average molecular weight is 173 g/mol. The fraction of sp³-hybridized carbons (Fsp3) is 0.889. The molecule has 0 aliphatic heterocycles. The lowest BCUT2D eigenvalue weighted by Crippen LogP contribution is -2.47. The molecule has 3 heteroatoms. The summed E-state index contributed by atoms with van der Waals surface area (Å²) in [5.74, 6) is 0.263. The molecule has 0 aromatic rings. The van der Waals surface area contributed by atoms with Crippen LogP contribution in [0.1, 0.15) is 6.92 Å². The van der Waals surface area contributed by atoms with Crippen molar-refractivity contribution in [1.29, 1.82) is 0 Å². The highest BCUT2D eigenvalue weighted by Gasteiger charge is 2.16. The second-order valence-corrected chi connectivity index (χ2v) is 4.32. The van der Waals surface area contributed by atoms with Gasteiger partial charge in [0.25, 0.3) is 0 Å². The van der Waals surface area contributed by atoms with Gasteiger partial charge >= 0.3 is 0 Å². The molecule has 0 aliphatic carbocycles. The van der Waals surface area contributed by atoms with Gasteiger partial charge in [-0.1, -0.05) is 0 Å². The zero-order valence-electron chi connectivity index (χ0n) is 8.92. The molecule has 0 aliphatic rings. The number of ketones is 1. The Labute approximate surface area is 75.5 Å². The van der Waals surface area contributed by atoms with Crippen LogP contribution in [0.5, 0.6) is 0 Å². The molecule has 0 aromatic heterocycles. The van der Waals surface area contributed by atoms with E-state index >= 15 is 0 Å². The molecule has 0 saturated carbocycles. The average Bonchev–Trinajstić information content (AvgIpc) is 1.81. The normalized spacial score (nSPS) is 12.2. The van der Waals surface area contributed by atoms with E-state index in [4.69, 9.17) is 0 Å². The van der Waals surface area contributed by atoms with Crippen molar-refractivity contribution in [3.63, 3.8) is 0 Å². The largest absolute Gasteiger partial charge is 0.321 e. The Bertz CT molecular complexity index is 153. The van der Waals surface area contributed by atoms with Gasteiger partial charge in [-0.05, 0) is 14.1 Å². The lowest BCUT2D eigenvalue weighted by molar-refractivity contribution is -0.881. The zero-order valence-corrected chi connectivity index (χ0v) is 8.92. The maximum Gasteiger partial charge on any atom is 0.183 e. The molecule has 0 atom stereocenters. The molecule has 0 unspecified atom stereocenters. The highest BCUT2D eigenvalue weighted by Crippen LogP contribution is 1.96. The molecule has 0 N–H and O–H groups in total. The molecule has 0 heterocycles. The first-order valence-electron chi connectivity index (χ1n) is 4.30. The molecule has 0 saturated heterocycles. The van der Waals surface area contributed by atoms with Gasteiger partial charge in [0.15, 0.2) is 5.78 Å². The minimum absolute atomic E-state index is 0.263. The Morgan fingerprint density at radius 2 is 1.83 bits per heavy atom. The van der Waals surface area contributed by atoms with E-state index in [0.717, 1.165) is 17.6 Å². The highest BCUT2D eigenvalue weighted by molar-refractivity contribution is 5.76. The van der Waals surface area contributed by atoms with Gasteiger partial charge < -0.3 is 9.38 Å². The van der Waals surface area contributed by atoms with Crippen molar-refractivity contribution in [3.8, 4) is 0 Å². The van der Waals surface area contributed by atoms with Gasteiger partial charge in [-0.15, -0.1) is 0 Å². The number of rotatable bonds is 5. The molecular weight excluding hydrogens is 152 g/mol. The van der Waals surface area contributed by atoms with Crippen molar-refractivity contribution in [2.24, 2.45) is 0 Å². The van der Waals surface area contributed by atoms with Crippen LogP contribution in [0.15, 0.2) is 0 Å². The molecular formula is C9H21N2O+. The molecule has 0 amide bonds. The molecule has 0 fully saturated rings. The third-order valence-corrected chi connectivity index (χ3v) is 1.80. The summed E-state index contributed by atoms with van der Waals surface area (Å²) in [5, 5.41) is 0. The van der Waals surface area contributed by atoms with Gasteiger partial charge in [0.2, 0.25) is 0 Å². The molecule has 72 valence electrons. The van der Waals surface area contributed by atoms with E-state index < -0.39 is 0 Å². The molecule has 0 aromatic carbocycles. The van der Waals surface area contributed by atoms with Crippen molar-refractivity contribution in [2.45, 2.75) is 6.92 Å². The molecule has 0 bridgehead atoms. The van der Waals surface area contributed by atoms with Crippen LogP contribution in [0.2, 0.25) is 0 Å². The monoisotopic (exact) mass is 173 g/mol. The van der Waals surface area contributed by atoms with E-state index in [-0.39, 0.29) is 5.78 Å². The smallest absolute Gasteiger partial charge is 0.183 e. The number of quaternary nitrogens is 1. The van der Waals surface area contributed by atoms with Crippen LogP contribution in [0.4, 0.5) is 0 Å². The van der Waals surface area contributed by atoms with E-state index in [1.165, 1.54) is 0 Å². The summed E-state index contributed by atoms with van der Waals surface area (Å²) in [6.07, 6.45) is 0. The van der Waals surface area contributed by atoms with E-state index in [1.807, 2.05) is 14.1 Å². The number of hydrogen-bond donors (Lipinski definition) is 0. The number of hydrogen-bond acceptors (Lipinski definition) is 2. The summed E-state index contributed by atoms with van der Waals surface area (Å²) < 4.78 is 0.785. The van der Waals surface area contributed by atoms with Crippen molar-refractivity contribution in [2.75, 3.05) is 47.8 Å². The van der Waals surface area contributed by atoms with Crippen LogP contribution in [0, 0.1) is 0 Å². The Morgan fingerprint density at radius 3 is 2.17 bits per heavy atom. The van der Waals surface area contributed by atoms with Gasteiger partial charge in [-0.2, -0.15) is 0 Å². The highest BCUT2D eigenvalue weighted by atomic mass is 16.1. The fourth-order valence-electron chi connectivity index (χ4n) is 1.15. The van der Waals surface area contributed by atoms with Crippen LogP contribution in [0.25, 0.3) is 0 Å². The second-order valence-electron chi connectivity index (χ2n) is 4.32. The maximum atomic E-state index is 10.9.